The van der Waals surface area contributed by atoms with Crippen molar-refractivity contribution in [1.29, 1.82) is 10.5 Å². The minimum absolute atomic E-state index is 0.106. The van der Waals surface area contributed by atoms with Crippen molar-refractivity contribution in [2.24, 2.45) is 0 Å². The average Bonchev–Trinajstić information content (AvgIpc) is 2.38. The molecule has 0 fully saturated rings. The van der Waals surface area contributed by atoms with E-state index in [9.17, 15) is 9.18 Å². The average molecular weight is 260 g/mol. The van der Waals surface area contributed by atoms with E-state index < -0.39 is 11.7 Å². The van der Waals surface area contributed by atoms with Gasteiger partial charge in [-0.2, -0.15) is 10.5 Å². The minimum Gasteiger partial charge on any atom is -0.399 e. The number of halogens is 1. The molecule has 1 aromatic rings. The van der Waals surface area contributed by atoms with E-state index in [-0.39, 0.29) is 37.2 Å². The van der Waals surface area contributed by atoms with Crippen molar-refractivity contribution in [2.75, 3.05) is 18.8 Å². The van der Waals surface area contributed by atoms with Gasteiger partial charge < -0.3 is 10.6 Å². The number of nitrogens with two attached hydrogens (primary N) is 1. The first-order chi connectivity index (χ1) is 9.10. The van der Waals surface area contributed by atoms with Crippen molar-refractivity contribution in [2.45, 2.75) is 12.8 Å². The van der Waals surface area contributed by atoms with Gasteiger partial charge in [0.15, 0.2) is 0 Å². The van der Waals surface area contributed by atoms with Crippen molar-refractivity contribution >= 4 is 11.6 Å². The number of hydrogen-bond acceptors (Lipinski definition) is 4. The van der Waals surface area contributed by atoms with Crippen molar-refractivity contribution in [1.82, 2.24) is 4.90 Å². The highest BCUT2D eigenvalue weighted by molar-refractivity contribution is 5.94. The molecule has 0 atom stereocenters. The molecule has 98 valence electrons. The standard InChI is InChI=1S/C13H13FN4O/c14-12-9-10(17)3-4-11(12)13(19)18(7-1-5-15)8-2-6-16/h3-4,9H,1-2,7-8,17H2. The number of hydrogen-bond donors (Lipinski definition) is 1. The maximum absolute atomic E-state index is 13.6. The van der Waals surface area contributed by atoms with Gasteiger partial charge in [0.1, 0.15) is 5.82 Å². The normalized spacial score (nSPS) is 9.42. The number of carbonyl (C=O) groups is 1. The molecule has 2 N–H and O–H groups in total. The van der Waals surface area contributed by atoms with E-state index in [1.165, 1.54) is 17.0 Å². The Bertz CT molecular complexity index is 527. The zero-order valence-corrected chi connectivity index (χ0v) is 10.3. The second-order valence-electron chi connectivity index (χ2n) is 3.85. The number of benzene rings is 1. The lowest BCUT2D eigenvalue weighted by atomic mass is 10.1. The molecule has 0 saturated heterocycles. The van der Waals surface area contributed by atoms with Crippen molar-refractivity contribution in [3.63, 3.8) is 0 Å². The first-order valence-electron chi connectivity index (χ1n) is 5.68. The number of nitriles is 2. The molecule has 1 rings (SSSR count). The van der Waals surface area contributed by atoms with Crippen molar-refractivity contribution in [3.8, 4) is 12.1 Å². The molecule has 0 radical (unpaired) electrons. The van der Waals surface area contributed by atoms with Crippen LogP contribution in [-0.2, 0) is 0 Å². The summed E-state index contributed by atoms with van der Waals surface area (Å²) in [6.45, 7) is 0.335. The summed E-state index contributed by atoms with van der Waals surface area (Å²) in [5.74, 6) is -1.24. The van der Waals surface area contributed by atoms with Crippen LogP contribution in [0.1, 0.15) is 23.2 Å². The number of carbonyl (C=O) groups excluding carboxylic acids is 1. The van der Waals surface area contributed by atoms with E-state index in [2.05, 4.69) is 0 Å². The molecule has 19 heavy (non-hydrogen) atoms. The van der Waals surface area contributed by atoms with Crippen LogP contribution in [-0.4, -0.2) is 23.9 Å². The molecule has 0 aliphatic carbocycles. The van der Waals surface area contributed by atoms with E-state index in [4.69, 9.17) is 16.3 Å². The minimum atomic E-state index is -0.705. The van der Waals surface area contributed by atoms with Crippen LogP contribution < -0.4 is 5.73 Å². The molecule has 0 aliphatic heterocycles. The summed E-state index contributed by atoms with van der Waals surface area (Å²) < 4.78 is 13.6. The second-order valence-corrected chi connectivity index (χ2v) is 3.85. The highest BCUT2D eigenvalue weighted by atomic mass is 19.1. The molecule has 0 aliphatic rings. The van der Waals surface area contributed by atoms with Gasteiger partial charge in [0.05, 0.1) is 30.5 Å². The third-order valence-electron chi connectivity index (χ3n) is 2.50. The zero-order valence-electron chi connectivity index (χ0n) is 10.3. The zero-order chi connectivity index (χ0) is 14.3. The molecular weight excluding hydrogens is 247 g/mol. The van der Waals surface area contributed by atoms with Crippen LogP contribution in [0.15, 0.2) is 18.2 Å². The lowest BCUT2D eigenvalue weighted by Gasteiger charge is -2.20. The Kier molecular flexibility index (Phi) is 5.31. The van der Waals surface area contributed by atoms with Crippen LogP contribution in [0.3, 0.4) is 0 Å². The highest BCUT2D eigenvalue weighted by Gasteiger charge is 2.18. The van der Waals surface area contributed by atoms with Crippen LogP contribution in [0.2, 0.25) is 0 Å². The summed E-state index contributed by atoms with van der Waals surface area (Å²) in [7, 11) is 0. The third kappa shape index (κ3) is 3.97. The van der Waals surface area contributed by atoms with Gasteiger partial charge in [0, 0.05) is 18.8 Å². The molecule has 6 heteroatoms. The highest BCUT2D eigenvalue weighted by Crippen LogP contribution is 2.14. The van der Waals surface area contributed by atoms with E-state index in [1.54, 1.807) is 0 Å². The van der Waals surface area contributed by atoms with Crippen LogP contribution in [0.4, 0.5) is 10.1 Å². The summed E-state index contributed by atoms with van der Waals surface area (Å²) in [5.41, 5.74) is 5.54. The maximum atomic E-state index is 13.6. The van der Waals surface area contributed by atoms with Crippen LogP contribution in [0.5, 0.6) is 0 Å². The van der Waals surface area contributed by atoms with Gasteiger partial charge in [-0.3, -0.25) is 4.79 Å². The Labute approximate surface area is 110 Å². The summed E-state index contributed by atoms with van der Waals surface area (Å²) in [6, 6.07) is 7.64. The predicted molar refractivity (Wildman–Crippen MR) is 67.2 cm³/mol. The Morgan fingerprint density at radius 2 is 1.84 bits per heavy atom. The smallest absolute Gasteiger partial charge is 0.256 e. The molecule has 0 saturated carbocycles. The number of anilines is 1. The molecule has 0 heterocycles. The fourth-order valence-electron chi connectivity index (χ4n) is 1.56. The van der Waals surface area contributed by atoms with E-state index in [0.29, 0.717) is 0 Å². The number of amides is 1. The Morgan fingerprint density at radius 1 is 1.26 bits per heavy atom. The summed E-state index contributed by atoms with van der Waals surface area (Å²) in [4.78, 5) is 13.4. The van der Waals surface area contributed by atoms with Gasteiger partial charge in [0.2, 0.25) is 0 Å². The van der Waals surface area contributed by atoms with E-state index in [0.717, 1.165) is 6.07 Å². The van der Waals surface area contributed by atoms with E-state index in [1.807, 2.05) is 12.1 Å². The monoisotopic (exact) mass is 260 g/mol. The SMILES string of the molecule is N#CCCN(CCC#N)C(=O)c1ccc(N)cc1F. The molecule has 0 aromatic heterocycles. The quantitative estimate of drug-likeness (QED) is 0.815. The third-order valence-corrected chi connectivity index (χ3v) is 2.50. The van der Waals surface area contributed by atoms with Crippen molar-refractivity contribution < 1.29 is 9.18 Å². The lowest BCUT2D eigenvalue weighted by molar-refractivity contribution is 0.0758. The Hall–Kier alpha value is -2.60. The topological polar surface area (TPSA) is 93.9 Å². The van der Waals surface area contributed by atoms with Gasteiger partial charge >= 0.3 is 0 Å². The number of rotatable bonds is 5. The summed E-state index contributed by atoms with van der Waals surface area (Å²) >= 11 is 0. The molecule has 5 nitrogen and oxygen atoms in total. The van der Waals surface area contributed by atoms with Crippen LogP contribution in [0, 0.1) is 28.5 Å². The Morgan fingerprint density at radius 3 is 2.32 bits per heavy atom. The van der Waals surface area contributed by atoms with Gasteiger partial charge in [-0.05, 0) is 18.2 Å². The molecule has 0 spiro atoms. The molecule has 1 amide bonds. The fourth-order valence-corrected chi connectivity index (χ4v) is 1.56. The first kappa shape index (κ1) is 14.5. The van der Waals surface area contributed by atoms with Gasteiger partial charge in [-0.25, -0.2) is 4.39 Å². The van der Waals surface area contributed by atoms with Crippen LogP contribution in [0.25, 0.3) is 0 Å². The number of nitrogens with zero attached hydrogens (tertiary/aromatic N) is 3. The van der Waals surface area contributed by atoms with Gasteiger partial charge in [0.25, 0.3) is 5.91 Å². The Balaban J connectivity index is 2.91. The summed E-state index contributed by atoms with van der Waals surface area (Å²) in [6.07, 6.45) is 0.265. The van der Waals surface area contributed by atoms with Crippen LogP contribution >= 0.6 is 0 Å². The fraction of sp³-hybridized carbons (Fsp3) is 0.308. The predicted octanol–water partition coefficient (Wildman–Crippen LogP) is 1.68. The van der Waals surface area contributed by atoms with Gasteiger partial charge in [-0.15, -0.1) is 0 Å². The largest absolute Gasteiger partial charge is 0.399 e. The van der Waals surface area contributed by atoms with Gasteiger partial charge in [-0.1, -0.05) is 0 Å². The molecule has 0 unspecified atom stereocenters. The molecule has 0 bridgehead atoms. The molecular formula is C13H13FN4O. The van der Waals surface area contributed by atoms with E-state index >= 15 is 0 Å². The molecule has 1 aromatic carbocycles. The second kappa shape index (κ2) is 6.97. The first-order valence-corrected chi connectivity index (χ1v) is 5.68. The lowest BCUT2D eigenvalue weighted by Crippen LogP contribution is -2.33. The number of nitrogen functional groups attached to an aromatic ring is 1. The van der Waals surface area contributed by atoms with Crippen molar-refractivity contribution in [3.05, 3.63) is 29.6 Å². The summed E-state index contributed by atoms with van der Waals surface area (Å²) in [5, 5.41) is 17.1. The maximum Gasteiger partial charge on any atom is 0.256 e.